The summed E-state index contributed by atoms with van der Waals surface area (Å²) >= 11 is 0. The Morgan fingerprint density at radius 1 is 1.58 bits per heavy atom. The lowest BCUT2D eigenvalue weighted by Gasteiger charge is -2.28. The maximum Gasteiger partial charge on any atom is 0.237 e. The zero-order valence-corrected chi connectivity index (χ0v) is 8.13. The maximum absolute atomic E-state index is 11.3. The highest BCUT2D eigenvalue weighted by Gasteiger charge is 2.26. The molecule has 0 saturated carbocycles. The van der Waals surface area contributed by atoms with Crippen LogP contribution in [-0.4, -0.2) is 30.1 Å². The van der Waals surface area contributed by atoms with E-state index in [9.17, 15) is 4.79 Å². The van der Waals surface area contributed by atoms with Crippen LogP contribution in [0.1, 0.15) is 27.2 Å². The van der Waals surface area contributed by atoms with E-state index in [0.29, 0.717) is 18.5 Å². The fourth-order valence-electron chi connectivity index (χ4n) is 1.49. The number of amides is 1. The summed E-state index contributed by atoms with van der Waals surface area (Å²) in [6.07, 6.45) is 1.13. The van der Waals surface area contributed by atoms with Gasteiger partial charge in [-0.3, -0.25) is 10.1 Å². The Morgan fingerprint density at radius 2 is 2.25 bits per heavy atom. The highest BCUT2D eigenvalue weighted by molar-refractivity contribution is 5.80. The van der Waals surface area contributed by atoms with Crippen LogP contribution >= 0.6 is 0 Å². The molecule has 0 aromatic carbocycles. The second-order valence-corrected chi connectivity index (χ2v) is 3.57. The molecule has 3 heteroatoms. The number of carbonyl (C=O) groups excluding carboxylic acids is 1. The molecule has 0 radical (unpaired) electrons. The molecule has 1 heterocycles. The lowest BCUT2D eigenvalue weighted by Crippen LogP contribution is -2.39. The third kappa shape index (κ3) is 1.78. The van der Waals surface area contributed by atoms with Crippen LogP contribution in [0.25, 0.3) is 0 Å². The topological polar surface area (TPSA) is 32.3 Å². The number of nitrogens with one attached hydrogen (secondary N) is 1. The molecular weight excluding hydrogens is 152 g/mol. The first kappa shape index (κ1) is 9.52. The normalized spacial score (nSPS) is 22.9. The van der Waals surface area contributed by atoms with Crippen molar-refractivity contribution in [2.75, 3.05) is 13.2 Å². The largest absolute Gasteiger partial charge is 0.326 e. The molecule has 1 rings (SSSR count). The summed E-state index contributed by atoms with van der Waals surface area (Å²) in [5, 5.41) is 3.06. The van der Waals surface area contributed by atoms with Gasteiger partial charge in [0.1, 0.15) is 0 Å². The third-order valence-corrected chi connectivity index (χ3v) is 2.84. The van der Waals surface area contributed by atoms with Crippen LogP contribution in [0.2, 0.25) is 0 Å². The first-order valence-electron chi connectivity index (χ1n) is 4.67. The summed E-state index contributed by atoms with van der Waals surface area (Å²) in [7, 11) is 0. The lowest BCUT2D eigenvalue weighted by atomic mass is 10.00. The van der Waals surface area contributed by atoms with Gasteiger partial charge in [0.05, 0.1) is 13.2 Å². The van der Waals surface area contributed by atoms with Gasteiger partial charge in [-0.2, -0.15) is 0 Å². The van der Waals surface area contributed by atoms with Crippen molar-refractivity contribution in [2.45, 2.75) is 33.2 Å². The molecule has 1 fully saturated rings. The highest BCUT2D eigenvalue weighted by Crippen LogP contribution is 2.15. The Labute approximate surface area is 74.1 Å². The molecule has 3 nitrogen and oxygen atoms in total. The fraction of sp³-hybridized carbons (Fsp3) is 0.889. The van der Waals surface area contributed by atoms with Crippen molar-refractivity contribution < 1.29 is 4.79 Å². The second kappa shape index (κ2) is 3.90. The molecule has 2 unspecified atom stereocenters. The average molecular weight is 170 g/mol. The Balaban J connectivity index is 2.51. The minimum Gasteiger partial charge on any atom is -0.326 e. The Kier molecular flexibility index (Phi) is 3.09. The van der Waals surface area contributed by atoms with Crippen LogP contribution in [0.4, 0.5) is 0 Å². The molecule has 70 valence electrons. The van der Waals surface area contributed by atoms with E-state index >= 15 is 0 Å². The standard InChI is InChI=1S/C9H18N2O/c1-4-7(2)8(3)11-6-10-5-9(11)12/h7-8,10H,4-6H2,1-3H3. The van der Waals surface area contributed by atoms with Crippen molar-refractivity contribution in [3.63, 3.8) is 0 Å². The van der Waals surface area contributed by atoms with Crippen LogP contribution in [0.15, 0.2) is 0 Å². The van der Waals surface area contributed by atoms with Crippen LogP contribution in [0.3, 0.4) is 0 Å². The van der Waals surface area contributed by atoms with Crippen LogP contribution in [-0.2, 0) is 4.79 Å². The molecule has 0 spiro atoms. The van der Waals surface area contributed by atoms with Crippen molar-refractivity contribution in [1.82, 2.24) is 10.2 Å². The first-order chi connectivity index (χ1) is 5.66. The summed E-state index contributed by atoms with van der Waals surface area (Å²) in [5.74, 6) is 0.830. The van der Waals surface area contributed by atoms with Crippen LogP contribution < -0.4 is 5.32 Å². The summed E-state index contributed by atoms with van der Waals surface area (Å²) in [4.78, 5) is 13.2. The number of rotatable bonds is 3. The molecule has 0 aliphatic carbocycles. The van der Waals surface area contributed by atoms with Crippen molar-refractivity contribution >= 4 is 5.91 Å². The summed E-state index contributed by atoms with van der Waals surface area (Å²) < 4.78 is 0. The predicted octanol–water partition coefficient (Wildman–Crippen LogP) is 0.810. The van der Waals surface area contributed by atoms with Gasteiger partial charge in [0.2, 0.25) is 5.91 Å². The number of nitrogens with zero attached hydrogens (tertiary/aromatic N) is 1. The lowest BCUT2D eigenvalue weighted by molar-refractivity contribution is -0.129. The molecule has 1 aliphatic rings. The van der Waals surface area contributed by atoms with Gasteiger partial charge in [0.25, 0.3) is 0 Å². The molecule has 2 atom stereocenters. The molecule has 0 bridgehead atoms. The van der Waals surface area contributed by atoms with Crippen molar-refractivity contribution in [1.29, 1.82) is 0 Å². The first-order valence-corrected chi connectivity index (χ1v) is 4.67. The molecule has 1 N–H and O–H groups in total. The Bertz CT molecular complexity index is 170. The molecule has 1 saturated heterocycles. The minimum absolute atomic E-state index is 0.239. The van der Waals surface area contributed by atoms with E-state index in [0.717, 1.165) is 13.1 Å². The number of hydrogen-bond donors (Lipinski definition) is 1. The van der Waals surface area contributed by atoms with Crippen LogP contribution in [0.5, 0.6) is 0 Å². The quantitative estimate of drug-likeness (QED) is 0.680. The van der Waals surface area contributed by atoms with Gasteiger partial charge < -0.3 is 4.90 Å². The molecule has 12 heavy (non-hydrogen) atoms. The zero-order chi connectivity index (χ0) is 9.14. The van der Waals surface area contributed by atoms with Crippen molar-refractivity contribution in [3.05, 3.63) is 0 Å². The fourth-order valence-corrected chi connectivity index (χ4v) is 1.49. The third-order valence-electron chi connectivity index (χ3n) is 2.84. The van der Waals surface area contributed by atoms with E-state index in [1.165, 1.54) is 0 Å². The van der Waals surface area contributed by atoms with Gasteiger partial charge in [0, 0.05) is 6.04 Å². The van der Waals surface area contributed by atoms with Crippen molar-refractivity contribution in [3.8, 4) is 0 Å². The molecule has 1 amide bonds. The molecule has 1 aliphatic heterocycles. The van der Waals surface area contributed by atoms with Gasteiger partial charge >= 0.3 is 0 Å². The summed E-state index contributed by atoms with van der Waals surface area (Å²) in [5.41, 5.74) is 0. The van der Waals surface area contributed by atoms with Gasteiger partial charge in [-0.05, 0) is 12.8 Å². The zero-order valence-electron chi connectivity index (χ0n) is 8.13. The van der Waals surface area contributed by atoms with E-state index < -0.39 is 0 Å². The SMILES string of the molecule is CCC(C)C(C)N1CNCC1=O. The number of hydrogen-bond acceptors (Lipinski definition) is 2. The van der Waals surface area contributed by atoms with E-state index in [1.807, 2.05) is 4.90 Å². The average Bonchev–Trinajstić information content (AvgIpc) is 2.48. The highest BCUT2D eigenvalue weighted by atomic mass is 16.2. The van der Waals surface area contributed by atoms with Gasteiger partial charge in [-0.15, -0.1) is 0 Å². The smallest absolute Gasteiger partial charge is 0.237 e. The Hall–Kier alpha value is -0.570. The van der Waals surface area contributed by atoms with Gasteiger partial charge in [-0.1, -0.05) is 20.3 Å². The number of carbonyl (C=O) groups is 1. The van der Waals surface area contributed by atoms with Crippen LogP contribution in [0, 0.1) is 5.92 Å². The van der Waals surface area contributed by atoms with E-state index in [2.05, 4.69) is 26.1 Å². The predicted molar refractivity (Wildman–Crippen MR) is 48.6 cm³/mol. The van der Waals surface area contributed by atoms with E-state index in [-0.39, 0.29) is 5.91 Å². The van der Waals surface area contributed by atoms with E-state index in [1.54, 1.807) is 0 Å². The molecule has 0 aromatic heterocycles. The monoisotopic (exact) mass is 170 g/mol. The second-order valence-electron chi connectivity index (χ2n) is 3.57. The molecule has 0 aromatic rings. The van der Waals surface area contributed by atoms with Gasteiger partial charge in [-0.25, -0.2) is 0 Å². The summed E-state index contributed by atoms with van der Waals surface area (Å²) in [6, 6.07) is 0.373. The van der Waals surface area contributed by atoms with E-state index in [4.69, 9.17) is 0 Å². The minimum atomic E-state index is 0.239. The summed E-state index contributed by atoms with van der Waals surface area (Å²) in [6.45, 7) is 7.72. The van der Waals surface area contributed by atoms with Gasteiger partial charge in [0.15, 0.2) is 0 Å². The van der Waals surface area contributed by atoms with Crippen molar-refractivity contribution in [2.24, 2.45) is 5.92 Å². The Morgan fingerprint density at radius 3 is 2.67 bits per heavy atom. The maximum atomic E-state index is 11.3. The molecular formula is C9H18N2O.